The third-order valence-corrected chi connectivity index (χ3v) is 3.37. The lowest BCUT2D eigenvalue weighted by atomic mass is 9.89. The molecule has 1 N–H and O–H groups in total. The fourth-order valence-electron chi connectivity index (χ4n) is 2.27. The molecule has 0 spiro atoms. The van der Waals surface area contributed by atoms with Gasteiger partial charge in [-0.15, -0.1) is 0 Å². The van der Waals surface area contributed by atoms with Gasteiger partial charge in [0.2, 0.25) is 5.91 Å². The van der Waals surface area contributed by atoms with Crippen LogP contribution >= 0.6 is 0 Å². The van der Waals surface area contributed by atoms with Crippen molar-refractivity contribution in [2.24, 2.45) is 5.92 Å². The van der Waals surface area contributed by atoms with Crippen molar-refractivity contribution in [3.05, 3.63) is 35.5 Å². The fourth-order valence-corrected chi connectivity index (χ4v) is 2.27. The van der Waals surface area contributed by atoms with Gasteiger partial charge in [0.05, 0.1) is 7.11 Å². The van der Waals surface area contributed by atoms with E-state index in [2.05, 4.69) is 18.3 Å². The van der Waals surface area contributed by atoms with Gasteiger partial charge >= 0.3 is 0 Å². The van der Waals surface area contributed by atoms with E-state index in [0.717, 1.165) is 29.9 Å². The van der Waals surface area contributed by atoms with E-state index >= 15 is 0 Å². The molecule has 1 aromatic rings. The van der Waals surface area contributed by atoms with Crippen LogP contribution in [0, 0.1) is 5.92 Å². The molecule has 0 saturated carbocycles. The highest BCUT2D eigenvalue weighted by Gasteiger charge is 2.24. The Labute approximate surface area is 108 Å². The molecule has 1 aliphatic heterocycles. The molecule has 0 radical (unpaired) electrons. The van der Waals surface area contributed by atoms with Crippen molar-refractivity contribution < 1.29 is 9.53 Å². The first-order valence-corrected chi connectivity index (χ1v) is 6.33. The Morgan fingerprint density at radius 3 is 2.89 bits per heavy atom. The number of carbonyl (C=O) groups excluding carboxylic acids is 1. The Balaban J connectivity index is 2.42. The Morgan fingerprint density at radius 1 is 1.44 bits per heavy atom. The fraction of sp³-hybridized carbons (Fsp3) is 0.400. The van der Waals surface area contributed by atoms with E-state index in [0.29, 0.717) is 0 Å². The highest BCUT2D eigenvalue weighted by atomic mass is 16.5. The standard InChI is InChI=1S/C15H19NO2/c1-4-14-13(8-10(2)15(17)16-14)11-6-5-7-12(9-11)18-3/h5-7,9-10H,4,8H2,1-3H3,(H,16,17). The monoisotopic (exact) mass is 245 g/mol. The lowest BCUT2D eigenvalue weighted by Crippen LogP contribution is -2.33. The summed E-state index contributed by atoms with van der Waals surface area (Å²) in [5.41, 5.74) is 3.40. The topological polar surface area (TPSA) is 38.3 Å². The van der Waals surface area contributed by atoms with Crippen molar-refractivity contribution in [1.29, 1.82) is 0 Å². The van der Waals surface area contributed by atoms with Crippen LogP contribution in [0.15, 0.2) is 30.0 Å². The molecular weight excluding hydrogens is 226 g/mol. The predicted octanol–water partition coefficient (Wildman–Crippen LogP) is 2.97. The number of hydrogen-bond acceptors (Lipinski definition) is 2. The van der Waals surface area contributed by atoms with Crippen molar-refractivity contribution >= 4 is 11.5 Å². The van der Waals surface area contributed by atoms with Gasteiger partial charge in [-0.25, -0.2) is 0 Å². The first kappa shape index (κ1) is 12.7. The number of rotatable bonds is 3. The minimum atomic E-state index is 0.0292. The van der Waals surface area contributed by atoms with Gasteiger partial charge in [-0.05, 0) is 36.1 Å². The van der Waals surface area contributed by atoms with Crippen molar-refractivity contribution in [2.75, 3.05) is 7.11 Å². The molecule has 0 aromatic heterocycles. The zero-order chi connectivity index (χ0) is 13.1. The van der Waals surface area contributed by atoms with Gasteiger partial charge in [0.1, 0.15) is 5.75 Å². The summed E-state index contributed by atoms with van der Waals surface area (Å²) in [6.45, 7) is 4.02. The Morgan fingerprint density at radius 2 is 2.22 bits per heavy atom. The van der Waals surface area contributed by atoms with E-state index in [9.17, 15) is 4.79 Å². The van der Waals surface area contributed by atoms with E-state index in [-0.39, 0.29) is 11.8 Å². The normalized spacial score (nSPS) is 19.7. The Hall–Kier alpha value is -1.77. The molecule has 0 fully saturated rings. The first-order chi connectivity index (χ1) is 8.65. The highest BCUT2D eigenvalue weighted by molar-refractivity contribution is 5.88. The second-order valence-electron chi connectivity index (χ2n) is 4.64. The maximum absolute atomic E-state index is 11.7. The first-order valence-electron chi connectivity index (χ1n) is 6.33. The second-order valence-corrected chi connectivity index (χ2v) is 4.64. The summed E-state index contributed by atoms with van der Waals surface area (Å²) in [6, 6.07) is 8.00. The van der Waals surface area contributed by atoms with Crippen LogP contribution in [0.5, 0.6) is 5.75 Å². The molecule has 1 unspecified atom stereocenters. The number of methoxy groups -OCH3 is 1. The van der Waals surface area contributed by atoms with Crippen LogP contribution in [0.1, 0.15) is 32.3 Å². The maximum atomic E-state index is 11.7. The second kappa shape index (κ2) is 5.25. The summed E-state index contributed by atoms with van der Waals surface area (Å²) < 4.78 is 5.25. The van der Waals surface area contributed by atoms with E-state index < -0.39 is 0 Å². The molecule has 1 aliphatic rings. The van der Waals surface area contributed by atoms with Crippen LogP contribution in [0.4, 0.5) is 0 Å². The molecule has 2 rings (SSSR count). The van der Waals surface area contributed by atoms with Crippen LogP contribution in [-0.2, 0) is 4.79 Å². The summed E-state index contributed by atoms with van der Waals surface area (Å²) in [5, 5.41) is 3.00. The molecular formula is C15H19NO2. The quantitative estimate of drug-likeness (QED) is 0.889. The van der Waals surface area contributed by atoms with Crippen LogP contribution < -0.4 is 10.1 Å². The number of nitrogens with one attached hydrogen (secondary N) is 1. The molecule has 1 amide bonds. The van der Waals surface area contributed by atoms with Crippen LogP contribution in [-0.4, -0.2) is 13.0 Å². The van der Waals surface area contributed by atoms with E-state index in [1.807, 2.05) is 25.1 Å². The summed E-state index contributed by atoms with van der Waals surface area (Å²) in [7, 11) is 1.67. The summed E-state index contributed by atoms with van der Waals surface area (Å²) in [6.07, 6.45) is 1.63. The van der Waals surface area contributed by atoms with Crippen molar-refractivity contribution in [1.82, 2.24) is 5.32 Å². The molecule has 3 heteroatoms. The summed E-state index contributed by atoms with van der Waals surface area (Å²) >= 11 is 0. The molecule has 0 bridgehead atoms. The largest absolute Gasteiger partial charge is 0.497 e. The molecule has 96 valence electrons. The number of benzene rings is 1. The molecule has 0 aliphatic carbocycles. The van der Waals surface area contributed by atoms with Crippen LogP contribution in [0.2, 0.25) is 0 Å². The van der Waals surface area contributed by atoms with Gasteiger partial charge in [-0.3, -0.25) is 4.79 Å². The van der Waals surface area contributed by atoms with E-state index in [1.165, 1.54) is 5.57 Å². The van der Waals surface area contributed by atoms with Crippen LogP contribution in [0.25, 0.3) is 5.57 Å². The van der Waals surface area contributed by atoms with Gasteiger partial charge < -0.3 is 10.1 Å². The molecule has 0 saturated heterocycles. The average Bonchev–Trinajstić information content (AvgIpc) is 2.41. The lowest BCUT2D eigenvalue weighted by molar-refractivity contribution is -0.124. The van der Waals surface area contributed by atoms with Crippen LogP contribution in [0.3, 0.4) is 0 Å². The number of ether oxygens (including phenoxy) is 1. The molecule has 1 atom stereocenters. The third-order valence-electron chi connectivity index (χ3n) is 3.37. The van der Waals surface area contributed by atoms with Gasteiger partial charge in [-0.1, -0.05) is 26.0 Å². The van der Waals surface area contributed by atoms with Crippen molar-refractivity contribution in [3.8, 4) is 5.75 Å². The number of carbonyl (C=O) groups is 1. The molecule has 18 heavy (non-hydrogen) atoms. The number of amides is 1. The summed E-state index contributed by atoms with van der Waals surface area (Å²) in [5.74, 6) is 1.00. The minimum absolute atomic E-state index is 0.0292. The predicted molar refractivity (Wildman–Crippen MR) is 72.1 cm³/mol. The van der Waals surface area contributed by atoms with Gasteiger partial charge in [0, 0.05) is 11.6 Å². The third kappa shape index (κ3) is 2.40. The minimum Gasteiger partial charge on any atom is -0.497 e. The van der Waals surface area contributed by atoms with E-state index in [1.54, 1.807) is 7.11 Å². The molecule has 1 heterocycles. The Kier molecular flexibility index (Phi) is 3.70. The van der Waals surface area contributed by atoms with Crippen molar-refractivity contribution in [3.63, 3.8) is 0 Å². The lowest BCUT2D eigenvalue weighted by Gasteiger charge is -2.25. The van der Waals surface area contributed by atoms with E-state index in [4.69, 9.17) is 4.74 Å². The van der Waals surface area contributed by atoms with Crippen molar-refractivity contribution in [2.45, 2.75) is 26.7 Å². The molecule has 1 aromatic carbocycles. The maximum Gasteiger partial charge on any atom is 0.227 e. The zero-order valence-electron chi connectivity index (χ0n) is 11.1. The SMILES string of the molecule is CCC1=C(c2cccc(OC)c2)CC(C)C(=O)N1. The summed E-state index contributed by atoms with van der Waals surface area (Å²) in [4.78, 5) is 11.7. The smallest absolute Gasteiger partial charge is 0.227 e. The molecule has 3 nitrogen and oxygen atoms in total. The average molecular weight is 245 g/mol. The van der Waals surface area contributed by atoms with Gasteiger partial charge in [-0.2, -0.15) is 0 Å². The van der Waals surface area contributed by atoms with Gasteiger partial charge in [0.25, 0.3) is 0 Å². The highest BCUT2D eigenvalue weighted by Crippen LogP contribution is 2.31. The Bertz CT molecular complexity index is 491. The number of allylic oxidation sites excluding steroid dienone is 2. The van der Waals surface area contributed by atoms with Gasteiger partial charge in [0.15, 0.2) is 0 Å². The zero-order valence-corrected chi connectivity index (χ0v) is 11.1. The number of hydrogen-bond donors (Lipinski definition) is 1.